The van der Waals surface area contributed by atoms with Gasteiger partial charge in [-0.3, -0.25) is 0 Å². The van der Waals surface area contributed by atoms with Crippen LogP contribution in [-0.2, 0) is 6.54 Å². The maximum Gasteiger partial charge on any atom is 0.120 e. The number of halogens is 1. The molecule has 0 spiro atoms. The monoisotopic (exact) mass is 336 g/mol. The van der Waals surface area contributed by atoms with Crippen molar-refractivity contribution in [2.45, 2.75) is 25.9 Å². The Bertz CT molecular complexity index is 535. The number of hydrogen-bond donors (Lipinski definition) is 1. The minimum absolute atomic E-state index is 0.433. The third-order valence-corrected chi connectivity index (χ3v) is 3.84. The first kappa shape index (κ1) is 15.1. The van der Waals surface area contributed by atoms with E-state index in [1.165, 1.54) is 5.56 Å². The molecule has 0 aliphatic heterocycles. The molecule has 3 nitrogen and oxygen atoms in total. The molecule has 0 saturated carbocycles. The molecule has 20 heavy (non-hydrogen) atoms. The van der Waals surface area contributed by atoms with Gasteiger partial charge in [0.25, 0.3) is 0 Å². The second-order valence-electron chi connectivity index (χ2n) is 4.74. The topological polar surface area (TPSA) is 26.2 Å². The average Bonchev–Trinajstić information content (AvgIpc) is 2.89. The van der Waals surface area contributed by atoms with Crippen molar-refractivity contribution in [3.05, 3.63) is 52.8 Å². The molecule has 2 rings (SSSR count). The number of hydrogen-bond acceptors (Lipinski definition) is 2. The fourth-order valence-electron chi connectivity index (χ4n) is 2.24. The summed E-state index contributed by atoms with van der Waals surface area (Å²) in [6.07, 6.45) is 5.39. The van der Waals surface area contributed by atoms with Crippen molar-refractivity contribution in [3.63, 3.8) is 0 Å². The SMILES string of the molecule is CCC(NC)c1ccn(CCOc2cccc(Br)c2)c1. The predicted octanol–water partition coefficient (Wildman–Crippen LogP) is 4.00. The number of nitrogens with zero attached hydrogens (tertiary/aromatic N) is 1. The average molecular weight is 337 g/mol. The van der Waals surface area contributed by atoms with E-state index in [1.54, 1.807) is 0 Å². The van der Waals surface area contributed by atoms with E-state index in [0.29, 0.717) is 12.6 Å². The van der Waals surface area contributed by atoms with Crippen LogP contribution in [0.2, 0.25) is 0 Å². The molecule has 1 aromatic heterocycles. The van der Waals surface area contributed by atoms with Crippen molar-refractivity contribution >= 4 is 15.9 Å². The predicted molar refractivity (Wildman–Crippen MR) is 86.2 cm³/mol. The Morgan fingerprint density at radius 1 is 1.35 bits per heavy atom. The van der Waals surface area contributed by atoms with Crippen molar-refractivity contribution in [1.82, 2.24) is 9.88 Å². The van der Waals surface area contributed by atoms with E-state index in [2.05, 4.69) is 51.2 Å². The van der Waals surface area contributed by atoms with Crippen molar-refractivity contribution in [2.24, 2.45) is 0 Å². The number of benzene rings is 1. The molecular weight excluding hydrogens is 316 g/mol. The first-order valence-electron chi connectivity index (χ1n) is 6.94. The summed E-state index contributed by atoms with van der Waals surface area (Å²) in [5.74, 6) is 0.897. The summed E-state index contributed by atoms with van der Waals surface area (Å²) in [5, 5.41) is 3.32. The number of aromatic nitrogens is 1. The zero-order valence-corrected chi connectivity index (χ0v) is 13.6. The van der Waals surface area contributed by atoms with Gasteiger partial charge in [0.2, 0.25) is 0 Å². The van der Waals surface area contributed by atoms with Crippen LogP contribution in [0.4, 0.5) is 0 Å². The van der Waals surface area contributed by atoms with E-state index in [-0.39, 0.29) is 0 Å². The highest BCUT2D eigenvalue weighted by molar-refractivity contribution is 9.10. The van der Waals surface area contributed by atoms with Gasteiger partial charge in [-0.1, -0.05) is 28.9 Å². The fraction of sp³-hybridized carbons (Fsp3) is 0.375. The Hall–Kier alpha value is -1.26. The van der Waals surface area contributed by atoms with Gasteiger partial charge in [-0.15, -0.1) is 0 Å². The molecule has 1 aromatic carbocycles. The van der Waals surface area contributed by atoms with Gasteiger partial charge in [0.15, 0.2) is 0 Å². The van der Waals surface area contributed by atoms with Gasteiger partial charge in [0.1, 0.15) is 12.4 Å². The van der Waals surface area contributed by atoms with Crippen molar-refractivity contribution < 1.29 is 4.74 Å². The summed E-state index contributed by atoms with van der Waals surface area (Å²) >= 11 is 3.44. The molecule has 0 saturated heterocycles. The first-order chi connectivity index (χ1) is 9.72. The van der Waals surface area contributed by atoms with Gasteiger partial charge in [-0.25, -0.2) is 0 Å². The van der Waals surface area contributed by atoms with E-state index in [4.69, 9.17) is 4.74 Å². The molecule has 0 fully saturated rings. The molecule has 2 aromatic rings. The zero-order chi connectivity index (χ0) is 14.4. The number of rotatable bonds is 7. The van der Waals surface area contributed by atoms with Gasteiger partial charge in [-0.2, -0.15) is 0 Å². The van der Waals surface area contributed by atoms with E-state index in [1.807, 2.05) is 31.3 Å². The lowest BCUT2D eigenvalue weighted by Gasteiger charge is -2.11. The molecule has 0 aliphatic rings. The molecule has 4 heteroatoms. The number of nitrogens with one attached hydrogen (secondary N) is 1. The molecule has 0 amide bonds. The normalized spacial score (nSPS) is 12.3. The van der Waals surface area contributed by atoms with Crippen LogP contribution in [0.5, 0.6) is 5.75 Å². The summed E-state index contributed by atoms with van der Waals surface area (Å²) in [6, 6.07) is 10.5. The Balaban J connectivity index is 1.85. The van der Waals surface area contributed by atoms with Crippen LogP contribution in [0.1, 0.15) is 24.9 Å². The molecule has 1 unspecified atom stereocenters. The third-order valence-electron chi connectivity index (χ3n) is 3.35. The molecule has 108 valence electrons. The Kier molecular flexibility index (Phi) is 5.68. The van der Waals surface area contributed by atoms with E-state index in [0.717, 1.165) is 23.2 Å². The van der Waals surface area contributed by atoms with Crippen molar-refractivity contribution in [2.75, 3.05) is 13.7 Å². The van der Waals surface area contributed by atoms with Crippen molar-refractivity contribution in [3.8, 4) is 5.75 Å². The fourth-order valence-corrected chi connectivity index (χ4v) is 2.61. The number of ether oxygens (including phenoxy) is 1. The second kappa shape index (κ2) is 7.50. The summed E-state index contributed by atoms with van der Waals surface area (Å²) in [5.41, 5.74) is 1.33. The van der Waals surface area contributed by atoms with Gasteiger partial charge >= 0.3 is 0 Å². The minimum atomic E-state index is 0.433. The maximum atomic E-state index is 5.75. The summed E-state index contributed by atoms with van der Waals surface area (Å²) in [7, 11) is 2.00. The highest BCUT2D eigenvalue weighted by atomic mass is 79.9. The van der Waals surface area contributed by atoms with Gasteiger partial charge in [0, 0.05) is 22.9 Å². The Morgan fingerprint density at radius 3 is 2.90 bits per heavy atom. The van der Waals surface area contributed by atoms with Crippen LogP contribution >= 0.6 is 15.9 Å². The van der Waals surface area contributed by atoms with Crippen LogP contribution in [-0.4, -0.2) is 18.2 Å². The van der Waals surface area contributed by atoms with Crippen molar-refractivity contribution in [1.29, 1.82) is 0 Å². The standard InChI is InChI=1S/C16H21BrN2O/c1-3-16(18-2)13-7-8-19(12-13)9-10-20-15-6-4-5-14(17)11-15/h4-8,11-12,16,18H,3,9-10H2,1-2H3. The van der Waals surface area contributed by atoms with E-state index in [9.17, 15) is 0 Å². The molecule has 0 aliphatic carbocycles. The molecular formula is C16H21BrN2O. The largest absolute Gasteiger partial charge is 0.492 e. The smallest absolute Gasteiger partial charge is 0.120 e. The molecule has 1 N–H and O–H groups in total. The summed E-state index contributed by atoms with van der Waals surface area (Å²) in [4.78, 5) is 0. The van der Waals surface area contributed by atoms with Crippen LogP contribution in [0.25, 0.3) is 0 Å². The van der Waals surface area contributed by atoms with E-state index < -0.39 is 0 Å². The minimum Gasteiger partial charge on any atom is -0.492 e. The quantitative estimate of drug-likeness (QED) is 0.826. The first-order valence-corrected chi connectivity index (χ1v) is 7.73. The second-order valence-corrected chi connectivity index (χ2v) is 5.65. The lowest BCUT2D eigenvalue weighted by molar-refractivity contribution is 0.298. The molecule has 1 heterocycles. The highest BCUT2D eigenvalue weighted by Gasteiger charge is 2.07. The van der Waals surface area contributed by atoms with Crippen LogP contribution < -0.4 is 10.1 Å². The van der Waals surface area contributed by atoms with Crippen LogP contribution in [0.15, 0.2) is 47.2 Å². The van der Waals surface area contributed by atoms with Gasteiger partial charge in [0.05, 0.1) is 6.54 Å². The maximum absolute atomic E-state index is 5.75. The summed E-state index contributed by atoms with van der Waals surface area (Å²) in [6.45, 7) is 3.71. The molecule has 1 atom stereocenters. The summed E-state index contributed by atoms with van der Waals surface area (Å²) < 4.78 is 8.96. The molecule has 0 bridgehead atoms. The Labute approximate surface area is 129 Å². The van der Waals surface area contributed by atoms with E-state index >= 15 is 0 Å². The zero-order valence-electron chi connectivity index (χ0n) is 12.0. The molecule has 0 radical (unpaired) electrons. The third kappa shape index (κ3) is 4.12. The van der Waals surface area contributed by atoms with Crippen LogP contribution in [0.3, 0.4) is 0 Å². The van der Waals surface area contributed by atoms with Crippen LogP contribution in [0, 0.1) is 0 Å². The Morgan fingerprint density at radius 2 is 2.20 bits per heavy atom. The van der Waals surface area contributed by atoms with Gasteiger partial charge < -0.3 is 14.6 Å². The van der Waals surface area contributed by atoms with Gasteiger partial charge in [-0.05, 0) is 43.3 Å². The lowest BCUT2D eigenvalue weighted by Crippen LogP contribution is -2.14. The lowest BCUT2D eigenvalue weighted by atomic mass is 10.1. The highest BCUT2D eigenvalue weighted by Crippen LogP contribution is 2.18.